The molecule has 1 heterocycles. The highest BCUT2D eigenvalue weighted by atomic mass is 32.1. The van der Waals surface area contributed by atoms with E-state index in [0.717, 1.165) is 0 Å². The van der Waals surface area contributed by atoms with E-state index in [-0.39, 0.29) is 6.54 Å². The van der Waals surface area contributed by atoms with Crippen molar-refractivity contribution in [2.75, 3.05) is 26.0 Å². The van der Waals surface area contributed by atoms with Gasteiger partial charge in [-0.15, -0.1) is 11.3 Å². The van der Waals surface area contributed by atoms with Gasteiger partial charge in [-0.05, 0) is 17.9 Å². The zero-order valence-electron chi connectivity index (χ0n) is 12.3. The third-order valence-corrected chi connectivity index (χ3v) is 3.91. The number of aliphatic carboxylic acids is 1. The Morgan fingerprint density at radius 2 is 2.10 bits per heavy atom. The Kier molecular flexibility index (Phi) is 5.71. The maximum absolute atomic E-state index is 12.0. The summed E-state index contributed by atoms with van der Waals surface area (Å²) < 4.78 is 4.68. The first-order chi connectivity index (χ1) is 9.77. The van der Waals surface area contributed by atoms with E-state index in [0.29, 0.717) is 16.1 Å². The fourth-order valence-corrected chi connectivity index (χ4v) is 2.58. The molecule has 0 aliphatic heterocycles. The zero-order valence-corrected chi connectivity index (χ0v) is 13.1. The summed E-state index contributed by atoms with van der Waals surface area (Å²) in [5.74, 6) is -2.17. The average Bonchev–Trinajstić information content (AvgIpc) is 2.78. The predicted octanol–water partition coefficient (Wildman–Crippen LogP) is 2.03. The van der Waals surface area contributed by atoms with E-state index in [1.807, 2.05) is 0 Å². The molecule has 0 spiro atoms. The minimum atomic E-state index is -0.975. The number of hydrogen-bond acceptors (Lipinski definition) is 5. The van der Waals surface area contributed by atoms with Crippen LogP contribution in [0.15, 0.2) is 5.38 Å². The molecule has 7 nitrogen and oxygen atoms in total. The lowest BCUT2D eigenvalue weighted by Gasteiger charge is -2.19. The number of nitrogens with one attached hydrogen (secondary N) is 1. The molecule has 0 saturated carbocycles. The Morgan fingerprint density at radius 1 is 1.48 bits per heavy atom. The van der Waals surface area contributed by atoms with Crippen LogP contribution >= 0.6 is 11.3 Å². The Hall–Kier alpha value is -2.09. The van der Waals surface area contributed by atoms with Crippen molar-refractivity contribution in [2.24, 2.45) is 5.92 Å². The highest BCUT2D eigenvalue weighted by molar-refractivity contribution is 7.15. The maximum Gasteiger partial charge on any atom is 0.341 e. The van der Waals surface area contributed by atoms with Gasteiger partial charge >= 0.3 is 18.0 Å². The Labute approximate surface area is 126 Å². The van der Waals surface area contributed by atoms with E-state index in [1.54, 1.807) is 12.3 Å². The van der Waals surface area contributed by atoms with Crippen LogP contribution in [0, 0.1) is 12.8 Å². The van der Waals surface area contributed by atoms with Crippen molar-refractivity contribution in [3.05, 3.63) is 16.5 Å². The first-order valence-corrected chi connectivity index (χ1v) is 7.07. The summed E-state index contributed by atoms with van der Waals surface area (Å²) >= 11 is 1.22. The van der Waals surface area contributed by atoms with Gasteiger partial charge in [0.25, 0.3) is 0 Å². The second-order valence-electron chi connectivity index (χ2n) is 4.66. The van der Waals surface area contributed by atoms with Gasteiger partial charge < -0.3 is 14.7 Å². The maximum atomic E-state index is 12.0. The van der Waals surface area contributed by atoms with Gasteiger partial charge in [0.05, 0.1) is 18.6 Å². The van der Waals surface area contributed by atoms with E-state index >= 15 is 0 Å². The average molecular weight is 314 g/mol. The number of methoxy groups -OCH3 is 1. The van der Waals surface area contributed by atoms with Crippen LogP contribution in [0.4, 0.5) is 9.80 Å². The van der Waals surface area contributed by atoms with E-state index in [9.17, 15) is 14.4 Å². The molecule has 1 aromatic heterocycles. The molecule has 2 amide bonds. The summed E-state index contributed by atoms with van der Waals surface area (Å²) in [5, 5.41) is 13.6. The van der Waals surface area contributed by atoms with Crippen molar-refractivity contribution >= 4 is 34.3 Å². The summed E-state index contributed by atoms with van der Waals surface area (Å²) in [6.07, 6.45) is 0. The van der Waals surface area contributed by atoms with E-state index in [2.05, 4.69) is 10.1 Å². The zero-order chi connectivity index (χ0) is 16.2. The normalized spacial score (nSPS) is 11.6. The number of carboxylic acids is 1. The molecule has 0 saturated heterocycles. The van der Waals surface area contributed by atoms with Crippen LogP contribution in [0.25, 0.3) is 0 Å². The number of aryl methyl sites for hydroxylation is 1. The van der Waals surface area contributed by atoms with E-state index in [1.165, 1.54) is 37.3 Å². The number of nitrogens with zero attached hydrogens (tertiary/aromatic N) is 1. The number of carboxylic acid groups (broad SMARTS) is 1. The van der Waals surface area contributed by atoms with Crippen LogP contribution in [0.3, 0.4) is 0 Å². The molecule has 8 heteroatoms. The van der Waals surface area contributed by atoms with Gasteiger partial charge in [-0.3, -0.25) is 10.1 Å². The third kappa shape index (κ3) is 4.19. The summed E-state index contributed by atoms with van der Waals surface area (Å²) in [5.41, 5.74) is 1.03. The van der Waals surface area contributed by atoms with Gasteiger partial charge in [-0.2, -0.15) is 0 Å². The molecule has 1 rings (SSSR count). The number of urea groups is 1. The van der Waals surface area contributed by atoms with Crippen LogP contribution in [0.1, 0.15) is 22.8 Å². The molecule has 0 radical (unpaired) electrons. The lowest BCUT2D eigenvalue weighted by molar-refractivity contribution is -0.141. The first-order valence-electron chi connectivity index (χ1n) is 6.19. The number of ether oxygens (including phenoxy) is 1. The fraction of sp³-hybridized carbons (Fsp3) is 0.462. The van der Waals surface area contributed by atoms with Crippen LogP contribution in [0.5, 0.6) is 0 Å². The van der Waals surface area contributed by atoms with Gasteiger partial charge in [0.2, 0.25) is 0 Å². The lowest BCUT2D eigenvalue weighted by atomic mass is 10.2. The molecule has 0 aromatic carbocycles. The standard InChI is InChI=1S/C13H18N2O5S/c1-7(11(16)17)5-15(3)13(19)14-10-9(12(18)20-4)8(2)6-21-10/h6-7H,5H2,1-4H3,(H,14,19)(H,16,17). The highest BCUT2D eigenvalue weighted by Gasteiger charge is 2.22. The van der Waals surface area contributed by atoms with Crippen LogP contribution in [0.2, 0.25) is 0 Å². The highest BCUT2D eigenvalue weighted by Crippen LogP contribution is 2.28. The molecule has 1 unspecified atom stereocenters. The fourth-order valence-electron chi connectivity index (χ4n) is 1.66. The second-order valence-corrected chi connectivity index (χ2v) is 5.54. The van der Waals surface area contributed by atoms with Gasteiger partial charge in [0, 0.05) is 13.6 Å². The summed E-state index contributed by atoms with van der Waals surface area (Å²) in [6.45, 7) is 3.33. The lowest BCUT2D eigenvalue weighted by Crippen LogP contribution is -2.36. The molecule has 2 N–H and O–H groups in total. The largest absolute Gasteiger partial charge is 0.481 e. The van der Waals surface area contributed by atoms with Crippen molar-refractivity contribution in [1.29, 1.82) is 0 Å². The monoisotopic (exact) mass is 314 g/mol. The van der Waals surface area contributed by atoms with Crippen molar-refractivity contribution in [3.63, 3.8) is 0 Å². The van der Waals surface area contributed by atoms with Gasteiger partial charge in [0.15, 0.2) is 0 Å². The summed E-state index contributed by atoms with van der Waals surface area (Å²) in [7, 11) is 2.76. The van der Waals surface area contributed by atoms with E-state index < -0.39 is 23.9 Å². The molecule has 1 atom stereocenters. The van der Waals surface area contributed by atoms with Crippen molar-refractivity contribution < 1.29 is 24.2 Å². The van der Waals surface area contributed by atoms with Crippen LogP contribution in [-0.4, -0.2) is 48.7 Å². The number of thiophene rings is 1. The number of esters is 1. The molecule has 0 aliphatic rings. The molecule has 0 bridgehead atoms. The number of rotatable bonds is 5. The Bertz CT molecular complexity index is 555. The molecule has 1 aromatic rings. The SMILES string of the molecule is COC(=O)c1c(C)csc1NC(=O)N(C)CC(C)C(=O)O. The smallest absolute Gasteiger partial charge is 0.341 e. The van der Waals surface area contributed by atoms with Crippen molar-refractivity contribution in [3.8, 4) is 0 Å². The van der Waals surface area contributed by atoms with Gasteiger partial charge in [-0.1, -0.05) is 6.92 Å². The molecule has 0 aliphatic carbocycles. The number of hydrogen-bond donors (Lipinski definition) is 2. The number of amides is 2. The minimum absolute atomic E-state index is 0.0685. The van der Waals surface area contributed by atoms with Gasteiger partial charge in [0.1, 0.15) is 5.00 Å². The molecule has 0 fully saturated rings. The Balaban J connectivity index is 2.80. The Morgan fingerprint density at radius 3 is 2.62 bits per heavy atom. The molecular formula is C13H18N2O5S. The number of anilines is 1. The molecular weight excluding hydrogens is 296 g/mol. The second kappa shape index (κ2) is 7.07. The molecule has 116 valence electrons. The van der Waals surface area contributed by atoms with Gasteiger partial charge in [-0.25, -0.2) is 9.59 Å². The number of carbonyl (C=O) groups is 3. The predicted molar refractivity (Wildman–Crippen MR) is 78.8 cm³/mol. The van der Waals surface area contributed by atoms with Crippen LogP contribution < -0.4 is 5.32 Å². The number of carbonyl (C=O) groups excluding carboxylic acids is 2. The minimum Gasteiger partial charge on any atom is -0.481 e. The summed E-state index contributed by atoms with van der Waals surface area (Å²) in [4.78, 5) is 35.7. The van der Waals surface area contributed by atoms with Crippen molar-refractivity contribution in [1.82, 2.24) is 4.90 Å². The molecule has 21 heavy (non-hydrogen) atoms. The first kappa shape index (κ1) is 17.0. The topological polar surface area (TPSA) is 95.9 Å². The third-order valence-electron chi connectivity index (χ3n) is 2.90. The van der Waals surface area contributed by atoms with Crippen molar-refractivity contribution in [2.45, 2.75) is 13.8 Å². The van der Waals surface area contributed by atoms with E-state index in [4.69, 9.17) is 5.11 Å². The summed E-state index contributed by atoms with van der Waals surface area (Å²) in [6, 6.07) is -0.477. The van der Waals surface area contributed by atoms with Crippen LogP contribution in [-0.2, 0) is 9.53 Å². The quantitative estimate of drug-likeness (QED) is 0.811.